The van der Waals surface area contributed by atoms with Gasteiger partial charge in [-0.1, -0.05) is 68.9 Å². The molecule has 30 heavy (non-hydrogen) atoms. The van der Waals surface area contributed by atoms with Crippen molar-refractivity contribution in [1.29, 1.82) is 0 Å². The lowest BCUT2D eigenvalue weighted by atomic mass is 9.98. The summed E-state index contributed by atoms with van der Waals surface area (Å²) in [5, 5.41) is 1.51. The molecule has 152 valence electrons. The zero-order valence-electron chi connectivity index (χ0n) is 15.3. The minimum atomic E-state index is -0.756. The summed E-state index contributed by atoms with van der Waals surface area (Å²) in [7, 11) is 0. The Kier molecular flexibility index (Phi) is 6.16. The molecule has 0 saturated carbocycles. The third kappa shape index (κ3) is 3.76. The number of alkyl halides is 1. The standard InChI is InChI=1S/C22H13BrCl3FN2O/c23-10-12-2-1-3-16(21(12)26)22-28-19-8-13(24)4-6-15(19)20(11-30)29(22)14-5-7-17(25)18(27)9-14/h1-9,11,20H,10H2. The minimum absolute atomic E-state index is 0.0107. The van der Waals surface area contributed by atoms with Gasteiger partial charge in [-0.25, -0.2) is 9.38 Å². The summed E-state index contributed by atoms with van der Waals surface area (Å²) in [6.07, 6.45) is 0.788. The molecule has 1 atom stereocenters. The number of aldehydes is 1. The van der Waals surface area contributed by atoms with Gasteiger partial charge in [0.15, 0.2) is 0 Å². The molecule has 0 bridgehead atoms. The van der Waals surface area contributed by atoms with Crippen molar-refractivity contribution in [2.45, 2.75) is 11.4 Å². The lowest BCUT2D eigenvalue weighted by Gasteiger charge is -2.36. The van der Waals surface area contributed by atoms with Crippen molar-refractivity contribution in [1.82, 2.24) is 0 Å². The minimum Gasteiger partial charge on any atom is -0.311 e. The van der Waals surface area contributed by atoms with Crippen molar-refractivity contribution in [2.24, 2.45) is 4.99 Å². The Bertz CT molecular complexity index is 1190. The highest BCUT2D eigenvalue weighted by Gasteiger charge is 2.33. The molecule has 3 nitrogen and oxygen atoms in total. The number of halogens is 5. The fraction of sp³-hybridized carbons (Fsp3) is 0.0909. The number of benzene rings is 3. The first-order valence-electron chi connectivity index (χ1n) is 8.86. The number of hydrogen-bond acceptors (Lipinski definition) is 3. The highest BCUT2D eigenvalue weighted by atomic mass is 79.9. The third-order valence-corrected chi connectivity index (χ3v) is 6.41. The fourth-order valence-electron chi connectivity index (χ4n) is 3.40. The van der Waals surface area contributed by atoms with E-state index in [2.05, 4.69) is 15.9 Å². The molecule has 0 spiro atoms. The van der Waals surface area contributed by atoms with Crippen LogP contribution in [0, 0.1) is 5.82 Å². The second-order valence-corrected chi connectivity index (χ2v) is 8.38. The second kappa shape index (κ2) is 8.67. The molecule has 0 aromatic heterocycles. The van der Waals surface area contributed by atoms with Gasteiger partial charge in [-0.15, -0.1) is 0 Å². The molecule has 0 radical (unpaired) electrons. The van der Waals surface area contributed by atoms with Crippen molar-refractivity contribution in [2.75, 3.05) is 4.90 Å². The average molecular weight is 527 g/mol. The Hall–Kier alpha value is -1.92. The summed E-state index contributed by atoms with van der Waals surface area (Å²) in [6.45, 7) is 0. The smallest absolute Gasteiger partial charge is 0.147 e. The van der Waals surface area contributed by atoms with Gasteiger partial charge in [0.2, 0.25) is 0 Å². The normalized spacial score (nSPS) is 15.6. The summed E-state index contributed by atoms with van der Waals surface area (Å²) in [6, 6.07) is 14.3. The maximum atomic E-state index is 14.3. The number of anilines is 1. The van der Waals surface area contributed by atoms with E-state index in [4.69, 9.17) is 39.8 Å². The molecule has 0 fully saturated rings. The van der Waals surface area contributed by atoms with Crippen molar-refractivity contribution in [3.8, 4) is 0 Å². The first-order valence-corrected chi connectivity index (χ1v) is 11.1. The van der Waals surface area contributed by atoms with E-state index in [1.807, 2.05) is 18.2 Å². The SMILES string of the molecule is O=CC1c2ccc(Cl)cc2N=C(c2cccc(CBr)c2Cl)N1c1ccc(Cl)c(F)c1. The topological polar surface area (TPSA) is 32.7 Å². The van der Waals surface area contributed by atoms with E-state index in [1.54, 1.807) is 29.2 Å². The van der Waals surface area contributed by atoms with Gasteiger partial charge >= 0.3 is 0 Å². The number of rotatable bonds is 4. The van der Waals surface area contributed by atoms with Crippen LogP contribution in [0.1, 0.15) is 22.7 Å². The van der Waals surface area contributed by atoms with Crippen LogP contribution in [-0.2, 0) is 10.1 Å². The number of carbonyl (C=O) groups excluding carboxylic acids is 1. The highest BCUT2D eigenvalue weighted by molar-refractivity contribution is 9.08. The number of carbonyl (C=O) groups is 1. The van der Waals surface area contributed by atoms with E-state index in [9.17, 15) is 9.18 Å². The zero-order chi connectivity index (χ0) is 21.4. The highest BCUT2D eigenvalue weighted by Crippen LogP contribution is 2.41. The van der Waals surface area contributed by atoms with Crippen molar-refractivity contribution in [3.63, 3.8) is 0 Å². The average Bonchev–Trinajstić information content (AvgIpc) is 2.74. The van der Waals surface area contributed by atoms with Crippen LogP contribution in [0.3, 0.4) is 0 Å². The molecule has 0 aliphatic carbocycles. The first kappa shape index (κ1) is 21.3. The van der Waals surface area contributed by atoms with E-state index in [1.165, 1.54) is 12.1 Å². The lowest BCUT2D eigenvalue weighted by Crippen LogP contribution is -2.39. The predicted molar refractivity (Wildman–Crippen MR) is 124 cm³/mol. The zero-order valence-corrected chi connectivity index (χ0v) is 19.1. The summed E-state index contributed by atoms with van der Waals surface area (Å²) in [5.74, 6) is -0.184. The van der Waals surface area contributed by atoms with Gasteiger partial charge in [0.1, 0.15) is 24.0 Å². The molecule has 8 heteroatoms. The van der Waals surface area contributed by atoms with E-state index in [-0.39, 0.29) is 5.02 Å². The molecule has 1 unspecified atom stereocenters. The molecule has 1 aliphatic heterocycles. The number of nitrogens with zero attached hydrogens (tertiary/aromatic N) is 2. The summed E-state index contributed by atoms with van der Waals surface area (Å²) in [4.78, 5) is 18.7. The summed E-state index contributed by atoms with van der Waals surface area (Å²) >= 11 is 22.1. The monoisotopic (exact) mass is 524 g/mol. The summed E-state index contributed by atoms with van der Waals surface area (Å²) < 4.78 is 14.3. The van der Waals surface area contributed by atoms with Crippen molar-refractivity contribution >= 4 is 74.2 Å². The van der Waals surface area contributed by atoms with Crippen LogP contribution in [0.15, 0.2) is 59.6 Å². The van der Waals surface area contributed by atoms with E-state index < -0.39 is 11.9 Å². The molecular formula is C22H13BrCl3FN2O. The summed E-state index contributed by atoms with van der Waals surface area (Å²) in [5.41, 5.74) is 3.11. The number of hydrogen-bond donors (Lipinski definition) is 0. The number of aliphatic imine (C=N–C) groups is 1. The Balaban J connectivity index is 2.01. The number of fused-ring (bicyclic) bond motifs is 1. The molecule has 1 heterocycles. The first-order chi connectivity index (χ1) is 14.4. The molecular weight excluding hydrogens is 514 g/mol. The number of amidine groups is 1. The van der Waals surface area contributed by atoms with Crippen LogP contribution in [-0.4, -0.2) is 12.1 Å². The molecule has 0 saturated heterocycles. The van der Waals surface area contributed by atoms with Gasteiger partial charge in [0, 0.05) is 27.2 Å². The quantitative estimate of drug-likeness (QED) is 0.260. The van der Waals surface area contributed by atoms with Gasteiger partial charge in [-0.3, -0.25) is 0 Å². The Morgan fingerprint density at radius 1 is 1.10 bits per heavy atom. The van der Waals surface area contributed by atoms with Crippen molar-refractivity contribution in [3.05, 3.63) is 92.2 Å². The van der Waals surface area contributed by atoms with Crippen LogP contribution < -0.4 is 4.90 Å². The molecule has 0 N–H and O–H groups in total. The van der Waals surface area contributed by atoms with Crippen molar-refractivity contribution < 1.29 is 9.18 Å². The Labute approximate surface area is 196 Å². The van der Waals surface area contributed by atoms with Gasteiger partial charge in [0.05, 0.1) is 15.7 Å². The molecule has 4 rings (SSSR count). The van der Waals surface area contributed by atoms with E-state index >= 15 is 0 Å². The Morgan fingerprint density at radius 3 is 2.60 bits per heavy atom. The van der Waals surface area contributed by atoms with Crippen LogP contribution in [0.2, 0.25) is 15.1 Å². The van der Waals surface area contributed by atoms with Crippen LogP contribution >= 0.6 is 50.7 Å². The van der Waals surface area contributed by atoms with E-state index in [0.29, 0.717) is 43.7 Å². The van der Waals surface area contributed by atoms with Crippen LogP contribution in [0.4, 0.5) is 15.8 Å². The maximum absolute atomic E-state index is 14.3. The van der Waals surface area contributed by atoms with Gasteiger partial charge < -0.3 is 9.69 Å². The molecule has 3 aromatic rings. The lowest BCUT2D eigenvalue weighted by molar-refractivity contribution is -0.108. The molecule has 3 aromatic carbocycles. The van der Waals surface area contributed by atoms with E-state index in [0.717, 1.165) is 11.8 Å². The van der Waals surface area contributed by atoms with Gasteiger partial charge in [0.25, 0.3) is 0 Å². The largest absolute Gasteiger partial charge is 0.311 e. The van der Waals surface area contributed by atoms with Crippen LogP contribution in [0.5, 0.6) is 0 Å². The second-order valence-electron chi connectivity index (χ2n) is 6.60. The fourth-order valence-corrected chi connectivity index (χ4v) is 4.59. The third-order valence-electron chi connectivity index (χ3n) is 4.82. The molecule has 1 aliphatic rings. The van der Waals surface area contributed by atoms with Gasteiger partial charge in [-0.05, 0) is 42.0 Å². The van der Waals surface area contributed by atoms with Gasteiger partial charge in [-0.2, -0.15) is 0 Å². The Morgan fingerprint density at radius 2 is 1.90 bits per heavy atom. The van der Waals surface area contributed by atoms with Crippen LogP contribution in [0.25, 0.3) is 0 Å². The molecule has 0 amide bonds. The maximum Gasteiger partial charge on any atom is 0.147 e. The predicted octanol–water partition coefficient (Wildman–Crippen LogP) is 7.52.